The molecule has 96 valence electrons. The van der Waals surface area contributed by atoms with E-state index in [1.54, 1.807) is 0 Å². The molecule has 0 aliphatic rings. The van der Waals surface area contributed by atoms with Crippen LogP contribution in [0.4, 0.5) is 0 Å². The van der Waals surface area contributed by atoms with Crippen LogP contribution in [-0.2, 0) is 0 Å². The monoisotopic (exact) mass is 234 g/mol. The van der Waals surface area contributed by atoms with Gasteiger partial charge >= 0.3 is 0 Å². The summed E-state index contributed by atoms with van der Waals surface area (Å²) in [6.07, 6.45) is 0. The molecule has 0 amide bonds. The summed E-state index contributed by atoms with van der Waals surface area (Å²) in [5.41, 5.74) is 2.42. The predicted octanol–water partition coefficient (Wildman–Crippen LogP) is 4.91. The second kappa shape index (κ2) is 5.57. The van der Waals surface area contributed by atoms with Crippen molar-refractivity contribution in [3.8, 4) is 5.75 Å². The van der Waals surface area contributed by atoms with E-state index in [9.17, 15) is 5.11 Å². The summed E-state index contributed by atoms with van der Waals surface area (Å²) < 4.78 is 0. The predicted molar refractivity (Wildman–Crippen MR) is 74.6 cm³/mol. The smallest absolute Gasteiger partial charge is 0.119 e. The van der Waals surface area contributed by atoms with Gasteiger partial charge in [0.2, 0.25) is 0 Å². The Bertz CT molecular complexity index is 366. The van der Waals surface area contributed by atoms with Crippen LogP contribution < -0.4 is 0 Å². The fourth-order valence-electron chi connectivity index (χ4n) is 1.96. The number of rotatable bonds is 4. The Morgan fingerprint density at radius 1 is 0.824 bits per heavy atom. The van der Waals surface area contributed by atoms with Crippen LogP contribution in [0, 0.1) is 11.8 Å². The fraction of sp³-hybridized carbons (Fsp3) is 0.625. The van der Waals surface area contributed by atoms with Crippen LogP contribution in [0.5, 0.6) is 5.75 Å². The molecule has 0 heterocycles. The van der Waals surface area contributed by atoms with Gasteiger partial charge in [-0.25, -0.2) is 0 Å². The molecule has 0 bridgehead atoms. The van der Waals surface area contributed by atoms with Gasteiger partial charge in [0.05, 0.1) is 0 Å². The Morgan fingerprint density at radius 2 is 1.35 bits per heavy atom. The lowest BCUT2D eigenvalue weighted by molar-refractivity contribution is 0.444. The molecule has 0 aromatic heterocycles. The molecule has 1 aromatic rings. The molecule has 0 fully saturated rings. The summed E-state index contributed by atoms with van der Waals surface area (Å²) in [6, 6.07) is 6.09. The first-order valence-corrected chi connectivity index (χ1v) is 6.67. The molecule has 1 nitrogen and oxygen atoms in total. The van der Waals surface area contributed by atoms with Gasteiger partial charge in [-0.15, -0.1) is 0 Å². The van der Waals surface area contributed by atoms with Crippen LogP contribution in [-0.4, -0.2) is 5.11 Å². The highest BCUT2D eigenvalue weighted by molar-refractivity contribution is 5.40. The second-order valence-electron chi connectivity index (χ2n) is 5.88. The van der Waals surface area contributed by atoms with Crippen molar-refractivity contribution >= 4 is 0 Å². The van der Waals surface area contributed by atoms with E-state index < -0.39 is 0 Å². The van der Waals surface area contributed by atoms with Crippen molar-refractivity contribution in [2.45, 2.75) is 53.4 Å². The van der Waals surface area contributed by atoms with Crippen LogP contribution in [0.1, 0.15) is 64.5 Å². The number of phenols is 1. The summed E-state index contributed by atoms with van der Waals surface area (Å²) >= 11 is 0. The SMILES string of the molecule is CC(C)C(C)c1ccc(O)c(C(C)C(C)C)c1. The van der Waals surface area contributed by atoms with Crippen LogP contribution in [0.3, 0.4) is 0 Å². The zero-order valence-corrected chi connectivity index (χ0v) is 12.0. The minimum Gasteiger partial charge on any atom is -0.508 e. The van der Waals surface area contributed by atoms with Crippen molar-refractivity contribution in [1.29, 1.82) is 0 Å². The van der Waals surface area contributed by atoms with E-state index in [0.717, 1.165) is 5.56 Å². The molecule has 0 radical (unpaired) electrons. The maximum atomic E-state index is 9.97. The van der Waals surface area contributed by atoms with E-state index in [2.05, 4.69) is 53.7 Å². The highest BCUT2D eigenvalue weighted by Gasteiger charge is 2.17. The lowest BCUT2D eigenvalue weighted by Gasteiger charge is -2.21. The van der Waals surface area contributed by atoms with E-state index in [-0.39, 0.29) is 0 Å². The highest BCUT2D eigenvalue weighted by Crippen LogP contribution is 2.34. The molecular weight excluding hydrogens is 208 g/mol. The van der Waals surface area contributed by atoms with Gasteiger partial charge in [-0.05, 0) is 40.9 Å². The van der Waals surface area contributed by atoms with Crippen molar-refractivity contribution in [3.05, 3.63) is 29.3 Å². The largest absolute Gasteiger partial charge is 0.508 e. The number of hydrogen-bond acceptors (Lipinski definition) is 1. The third kappa shape index (κ3) is 3.24. The van der Waals surface area contributed by atoms with Crippen LogP contribution in [0.25, 0.3) is 0 Å². The maximum absolute atomic E-state index is 9.97. The summed E-state index contributed by atoms with van der Waals surface area (Å²) in [4.78, 5) is 0. The van der Waals surface area contributed by atoms with Crippen molar-refractivity contribution in [2.75, 3.05) is 0 Å². The minimum absolute atomic E-state index is 0.398. The maximum Gasteiger partial charge on any atom is 0.119 e. The average Bonchev–Trinajstić information content (AvgIpc) is 2.27. The van der Waals surface area contributed by atoms with E-state index >= 15 is 0 Å². The van der Waals surface area contributed by atoms with Crippen LogP contribution in [0.2, 0.25) is 0 Å². The molecule has 0 aliphatic heterocycles. The van der Waals surface area contributed by atoms with E-state index in [0.29, 0.717) is 29.4 Å². The zero-order chi connectivity index (χ0) is 13.2. The number of aromatic hydroxyl groups is 1. The number of phenolic OH excluding ortho intramolecular Hbond substituents is 1. The lowest BCUT2D eigenvalue weighted by Crippen LogP contribution is -2.06. The summed E-state index contributed by atoms with van der Waals surface area (Å²) in [6.45, 7) is 13.3. The first-order valence-electron chi connectivity index (χ1n) is 6.67. The topological polar surface area (TPSA) is 20.2 Å². The Kier molecular flexibility index (Phi) is 4.62. The normalized spacial score (nSPS) is 15.3. The Balaban J connectivity index is 3.10. The van der Waals surface area contributed by atoms with Gasteiger partial charge in [0, 0.05) is 0 Å². The summed E-state index contributed by atoms with van der Waals surface area (Å²) in [5.74, 6) is 2.54. The van der Waals surface area contributed by atoms with E-state index in [4.69, 9.17) is 0 Å². The van der Waals surface area contributed by atoms with Gasteiger partial charge < -0.3 is 5.11 Å². The second-order valence-corrected chi connectivity index (χ2v) is 5.88. The first-order chi connectivity index (χ1) is 7.84. The molecule has 17 heavy (non-hydrogen) atoms. The minimum atomic E-state index is 0.398. The Labute approximate surface area is 106 Å². The fourth-order valence-corrected chi connectivity index (χ4v) is 1.96. The molecule has 2 unspecified atom stereocenters. The van der Waals surface area contributed by atoms with Crippen molar-refractivity contribution in [3.63, 3.8) is 0 Å². The van der Waals surface area contributed by atoms with Gasteiger partial charge in [0.1, 0.15) is 5.75 Å². The van der Waals surface area contributed by atoms with Crippen molar-refractivity contribution < 1.29 is 5.11 Å². The molecule has 2 atom stereocenters. The molecule has 0 aliphatic carbocycles. The zero-order valence-electron chi connectivity index (χ0n) is 12.0. The molecule has 1 N–H and O–H groups in total. The molecule has 1 rings (SSSR count). The van der Waals surface area contributed by atoms with Gasteiger partial charge in [0.25, 0.3) is 0 Å². The summed E-state index contributed by atoms with van der Waals surface area (Å²) in [7, 11) is 0. The van der Waals surface area contributed by atoms with Crippen molar-refractivity contribution in [2.24, 2.45) is 11.8 Å². The van der Waals surface area contributed by atoms with Gasteiger partial charge in [-0.2, -0.15) is 0 Å². The number of hydrogen-bond donors (Lipinski definition) is 1. The van der Waals surface area contributed by atoms with Gasteiger partial charge in [-0.1, -0.05) is 53.7 Å². The third-order valence-corrected chi connectivity index (χ3v) is 4.07. The lowest BCUT2D eigenvalue weighted by atomic mass is 9.84. The standard InChI is InChI=1S/C16H26O/c1-10(2)12(5)14-7-8-16(17)15(9-14)13(6)11(3)4/h7-13,17H,1-6H3. The van der Waals surface area contributed by atoms with Crippen LogP contribution in [0.15, 0.2) is 18.2 Å². The quantitative estimate of drug-likeness (QED) is 0.784. The molecule has 0 saturated heterocycles. The van der Waals surface area contributed by atoms with Gasteiger partial charge in [0.15, 0.2) is 0 Å². The molecule has 0 spiro atoms. The molecule has 0 saturated carbocycles. The third-order valence-electron chi connectivity index (χ3n) is 4.07. The van der Waals surface area contributed by atoms with E-state index in [1.807, 2.05) is 6.07 Å². The van der Waals surface area contributed by atoms with Crippen molar-refractivity contribution in [1.82, 2.24) is 0 Å². The Morgan fingerprint density at radius 3 is 1.82 bits per heavy atom. The molecule has 1 aromatic carbocycles. The molecule has 1 heteroatoms. The first kappa shape index (κ1) is 14.1. The highest BCUT2D eigenvalue weighted by atomic mass is 16.3. The number of benzene rings is 1. The van der Waals surface area contributed by atoms with Gasteiger partial charge in [-0.3, -0.25) is 0 Å². The summed E-state index contributed by atoms with van der Waals surface area (Å²) in [5, 5.41) is 9.97. The van der Waals surface area contributed by atoms with Crippen LogP contribution >= 0.6 is 0 Å². The van der Waals surface area contributed by atoms with E-state index in [1.165, 1.54) is 5.56 Å². The molecular formula is C16H26O. The Hall–Kier alpha value is -0.980. The average molecular weight is 234 g/mol.